The van der Waals surface area contributed by atoms with E-state index in [-0.39, 0.29) is 6.10 Å². The van der Waals surface area contributed by atoms with E-state index in [0.29, 0.717) is 0 Å². The van der Waals surface area contributed by atoms with Crippen molar-refractivity contribution in [2.75, 3.05) is 6.67 Å². The molecule has 0 aromatic heterocycles. The van der Waals surface area contributed by atoms with Crippen LogP contribution in [0.2, 0.25) is 18.1 Å². The summed E-state index contributed by atoms with van der Waals surface area (Å²) in [6.45, 7) is 9.42. The van der Waals surface area contributed by atoms with Crippen molar-refractivity contribution in [1.82, 2.24) is 5.32 Å². The normalized spacial score (nSPS) is 15.8. The van der Waals surface area contributed by atoms with Crippen molar-refractivity contribution in [1.29, 1.82) is 0 Å². The number of amides is 1. The predicted molar refractivity (Wildman–Crippen MR) is 88.8 cm³/mol. The topological polar surface area (TPSA) is 84.9 Å². The minimum atomic E-state index is -2.32. The highest BCUT2D eigenvalue weighted by molar-refractivity contribution is 6.73. The fraction of sp³-hybridized carbons (Fsp3) is 0.867. The zero-order valence-electron chi connectivity index (χ0n) is 14.9. The molecule has 8 heteroatoms. The summed E-state index contributed by atoms with van der Waals surface area (Å²) < 4.78 is 24.4. The van der Waals surface area contributed by atoms with E-state index < -0.39 is 38.7 Å². The van der Waals surface area contributed by atoms with E-state index in [1.807, 2.05) is 20.8 Å². The first-order valence-electron chi connectivity index (χ1n) is 8.07. The quantitative estimate of drug-likeness (QED) is 0.590. The lowest BCUT2D eigenvalue weighted by molar-refractivity contribution is -0.158. The van der Waals surface area contributed by atoms with Crippen molar-refractivity contribution in [3.63, 3.8) is 0 Å². The number of rotatable bonds is 10. The number of alkyl halides is 1. The average Bonchev–Trinajstić information content (AvgIpc) is 2.49. The van der Waals surface area contributed by atoms with Crippen LogP contribution in [0.4, 0.5) is 9.18 Å². The number of carboxylic acids is 1. The third-order valence-electron chi connectivity index (χ3n) is 4.24. The second-order valence-electron chi connectivity index (χ2n) is 6.06. The standard InChI is InChI=1S/C15H30FNO5Si/c1-7-23(8-2,9-3)22-15(6,13(18)19)12(10-16)17-14(20)21-11(4)5/h11-12H,7-10H2,1-6H3,(H,17,20)(H,18,19)/t12-,15+/m0/s1. The fourth-order valence-corrected chi connectivity index (χ4v) is 5.46. The Labute approximate surface area is 138 Å². The molecule has 0 saturated heterocycles. The highest BCUT2D eigenvalue weighted by Crippen LogP contribution is 2.30. The Kier molecular flexibility index (Phi) is 8.76. The summed E-state index contributed by atoms with van der Waals surface area (Å²) >= 11 is 0. The van der Waals surface area contributed by atoms with Crippen LogP contribution in [0.25, 0.3) is 0 Å². The molecule has 0 heterocycles. The number of halogens is 1. The Morgan fingerprint density at radius 3 is 2.00 bits per heavy atom. The average molecular weight is 351 g/mol. The van der Waals surface area contributed by atoms with Crippen LogP contribution in [0.1, 0.15) is 41.5 Å². The van der Waals surface area contributed by atoms with Gasteiger partial charge in [-0.05, 0) is 38.9 Å². The van der Waals surface area contributed by atoms with Crippen molar-refractivity contribution in [3.8, 4) is 0 Å². The maximum absolute atomic E-state index is 13.5. The lowest BCUT2D eigenvalue weighted by Crippen LogP contribution is -2.62. The fourth-order valence-electron chi connectivity index (χ4n) is 2.39. The Bertz CT molecular complexity index is 395. The van der Waals surface area contributed by atoms with Gasteiger partial charge in [-0.3, -0.25) is 0 Å². The molecule has 0 bridgehead atoms. The SMILES string of the molecule is CC[Si](CC)(CC)O[C@@](C)(C(=O)O)[C@H](CF)NC(=O)OC(C)C. The third kappa shape index (κ3) is 5.76. The second kappa shape index (κ2) is 9.22. The molecule has 0 fully saturated rings. The molecule has 0 aliphatic rings. The minimum absolute atomic E-state index is 0.386. The van der Waals surface area contributed by atoms with Gasteiger partial charge in [0.2, 0.25) is 0 Å². The van der Waals surface area contributed by atoms with Crippen LogP contribution in [0.5, 0.6) is 0 Å². The van der Waals surface area contributed by atoms with Crippen LogP contribution in [0, 0.1) is 0 Å². The van der Waals surface area contributed by atoms with Crippen molar-refractivity contribution in [3.05, 3.63) is 0 Å². The molecule has 0 unspecified atom stereocenters. The monoisotopic (exact) mass is 351 g/mol. The summed E-state index contributed by atoms with van der Waals surface area (Å²) in [5, 5.41) is 11.9. The second-order valence-corrected chi connectivity index (χ2v) is 10.8. The van der Waals surface area contributed by atoms with Crippen molar-refractivity contribution in [2.45, 2.75) is 77.4 Å². The zero-order chi connectivity index (χ0) is 18.3. The van der Waals surface area contributed by atoms with Gasteiger partial charge in [0, 0.05) is 0 Å². The molecule has 0 aliphatic heterocycles. The van der Waals surface area contributed by atoms with E-state index in [2.05, 4.69) is 5.32 Å². The summed E-state index contributed by atoms with van der Waals surface area (Å²) in [7, 11) is -2.32. The minimum Gasteiger partial charge on any atom is -0.479 e. The molecule has 6 nitrogen and oxygen atoms in total. The molecule has 0 aliphatic carbocycles. The molecule has 1 amide bonds. The highest BCUT2D eigenvalue weighted by Gasteiger charge is 2.49. The molecule has 0 radical (unpaired) electrons. The predicted octanol–water partition coefficient (Wildman–Crippen LogP) is 3.32. The molecule has 0 rings (SSSR count). The molecule has 0 saturated carbocycles. The van der Waals surface area contributed by atoms with E-state index in [9.17, 15) is 19.1 Å². The maximum atomic E-state index is 13.5. The number of aliphatic carboxylic acids is 1. The van der Waals surface area contributed by atoms with Gasteiger partial charge in [-0.2, -0.15) is 0 Å². The largest absolute Gasteiger partial charge is 0.479 e. The smallest absolute Gasteiger partial charge is 0.407 e. The third-order valence-corrected chi connectivity index (χ3v) is 8.96. The van der Waals surface area contributed by atoms with E-state index in [1.165, 1.54) is 6.92 Å². The molecule has 0 aromatic rings. The number of nitrogens with one attached hydrogen (secondary N) is 1. The Morgan fingerprint density at radius 1 is 1.22 bits per heavy atom. The van der Waals surface area contributed by atoms with E-state index in [0.717, 1.165) is 18.1 Å². The van der Waals surface area contributed by atoms with Crippen molar-refractivity contribution >= 4 is 20.4 Å². The Morgan fingerprint density at radius 2 is 1.70 bits per heavy atom. The molecule has 0 aromatic carbocycles. The van der Waals surface area contributed by atoms with Crippen LogP contribution < -0.4 is 5.32 Å². The van der Waals surface area contributed by atoms with Gasteiger partial charge in [-0.15, -0.1) is 0 Å². The number of hydrogen-bond acceptors (Lipinski definition) is 4. The molecule has 23 heavy (non-hydrogen) atoms. The summed E-state index contributed by atoms with van der Waals surface area (Å²) in [4.78, 5) is 23.5. The first-order valence-corrected chi connectivity index (χ1v) is 10.6. The van der Waals surface area contributed by atoms with E-state index >= 15 is 0 Å². The summed E-state index contributed by atoms with van der Waals surface area (Å²) in [6, 6.07) is 0.845. The molecule has 2 atom stereocenters. The van der Waals surface area contributed by atoms with Gasteiger partial charge >= 0.3 is 12.1 Å². The lowest BCUT2D eigenvalue weighted by atomic mass is 9.98. The van der Waals surface area contributed by atoms with Crippen LogP contribution in [0.3, 0.4) is 0 Å². The number of carbonyl (C=O) groups excluding carboxylic acids is 1. The van der Waals surface area contributed by atoms with Gasteiger partial charge in [0.05, 0.1) is 12.1 Å². The molecule has 2 N–H and O–H groups in total. The number of carbonyl (C=O) groups is 2. The van der Waals surface area contributed by atoms with Crippen molar-refractivity contribution in [2.24, 2.45) is 0 Å². The summed E-state index contributed by atoms with van der Waals surface area (Å²) in [5.41, 5.74) is -1.83. The zero-order valence-corrected chi connectivity index (χ0v) is 15.9. The number of carboxylic acid groups (broad SMARTS) is 1. The number of hydrogen-bond donors (Lipinski definition) is 2. The first-order chi connectivity index (χ1) is 10.6. The summed E-state index contributed by atoms with van der Waals surface area (Å²) in [6.07, 6.45) is -1.24. The van der Waals surface area contributed by atoms with Gasteiger partial charge in [0.15, 0.2) is 13.9 Å². The van der Waals surface area contributed by atoms with Crippen LogP contribution in [-0.4, -0.2) is 49.9 Å². The molecular formula is C15H30FNO5Si. The number of alkyl carbamates (subject to hydrolysis) is 1. The lowest BCUT2D eigenvalue weighted by Gasteiger charge is -2.41. The number of ether oxygens (including phenoxy) is 1. The first kappa shape index (κ1) is 21.8. The van der Waals surface area contributed by atoms with Gasteiger partial charge in [0.1, 0.15) is 6.67 Å². The van der Waals surface area contributed by atoms with Gasteiger partial charge in [-0.25, -0.2) is 14.0 Å². The van der Waals surface area contributed by atoms with Crippen LogP contribution >= 0.6 is 0 Å². The van der Waals surface area contributed by atoms with Crippen LogP contribution in [-0.2, 0) is 14.0 Å². The molecule has 136 valence electrons. The van der Waals surface area contributed by atoms with E-state index in [4.69, 9.17) is 9.16 Å². The van der Waals surface area contributed by atoms with Gasteiger partial charge in [-0.1, -0.05) is 20.8 Å². The molecule has 0 spiro atoms. The Balaban J connectivity index is 5.45. The van der Waals surface area contributed by atoms with Gasteiger partial charge < -0.3 is 19.6 Å². The van der Waals surface area contributed by atoms with Crippen LogP contribution in [0.15, 0.2) is 0 Å². The summed E-state index contributed by atoms with van der Waals surface area (Å²) in [5.74, 6) is -1.29. The Hall–Kier alpha value is -1.15. The highest BCUT2D eigenvalue weighted by atomic mass is 28.4. The van der Waals surface area contributed by atoms with Crippen molar-refractivity contribution < 1.29 is 28.2 Å². The maximum Gasteiger partial charge on any atom is 0.407 e. The van der Waals surface area contributed by atoms with Gasteiger partial charge in [0.25, 0.3) is 0 Å². The molecular weight excluding hydrogens is 321 g/mol. The van der Waals surface area contributed by atoms with E-state index in [1.54, 1.807) is 13.8 Å².